The average molecular weight is 290 g/mol. The molecule has 0 spiro atoms. The van der Waals surface area contributed by atoms with Crippen LogP contribution in [0.3, 0.4) is 0 Å². The summed E-state index contributed by atoms with van der Waals surface area (Å²) in [4.78, 5) is 14.0. The van der Waals surface area contributed by atoms with Crippen LogP contribution in [0.1, 0.15) is 33.1 Å². The van der Waals surface area contributed by atoms with Crippen molar-refractivity contribution < 1.29 is 13.2 Å². The summed E-state index contributed by atoms with van der Waals surface area (Å²) in [5, 5.41) is 2.92. The number of hydrogen-bond donors (Lipinski definition) is 1. The Balaban J connectivity index is 2.18. The largest absolute Gasteiger partial charge is 0.355 e. The number of nitrogens with zero attached hydrogens (tertiary/aromatic N) is 1. The first-order chi connectivity index (χ1) is 8.96. The number of rotatable bonds is 7. The van der Waals surface area contributed by atoms with Gasteiger partial charge in [-0.1, -0.05) is 13.8 Å². The lowest BCUT2D eigenvalue weighted by Crippen LogP contribution is -2.36. The fourth-order valence-corrected chi connectivity index (χ4v) is 3.96. The Labute approximate surface area is 116 Å². The maximum Gasteiger partial charge on any atom is 0.220 e. The molecule has 0 radical (unpaired) electrons. The SMILES string of the molecule is CCN(CC)CCNC(=O)CC1CCS(=O)(=O)CC1. The van der Waals surface area contributed by atoms with E-state index < -0.39 is 9.84 Å². The summed E-state index contributed by atoms with van der Waals surface area (Å²) in [6, 6.07) is 0. The minimum absolute atomic E-state index is 0.0523. The summed E-state index contributed by atoms with van der Waals surface area (Å²) in [7, 11) is -2.82. The topological polar surface area (TPSA) is 66.5 Å². The predicted octanol–water partition coefficient (Wildman–Crippen LogP) is 0.659. The average Bonchev–Trinajstić information content (AvgIpc) is 2.37. The van der Waals surface area contributed by atoms with Crippen molar-refractivity contribution in [3.05, 3.63) is 0 Å². The molecule has 0 atom stereocenters. The molecule has 1 N–H and O–H groups in total. The summed E-state index contributed by atoms with van der Waals surface area (Å²) in [6.45, 7) is 7.74. The zero-order valence-corrected chi connectivity index (χ0v) is 12.8. The van der Waals surface area contributed by atoms with E-state index in [1.807, 2.05) is 0 Å². The Bertz CT molecular complexity index is 363. The van der Waals surface area contributed by atoms with Gasteiger partial charge in [0.15, 0.2) is 0 Å². The Morgan fingerprint density at radius 3 is 2.32 bits per heavy atom. The zero-order valence-electron chi connectivity index (χ0n) is 12.0. The predicted molar refractivity (Wildman–Crippen MR) is 76.8 cm³/mol. The molecule has 1 amide bonds. The van der Waals surface area contributed by atoms with Gasteiger partial charge in [-0.2, -0.15) is 0 Å². The minimum atomic E-state index is -2.82. The second kappa shape index (κ2) is 7.85. The van der Waals surface area contributed by atoms with Crippen LogP contribution in [0.25, 0.3) is 0 Å². The standard InChI is InChI=1S/C13H26N2O3S/c1-3-15(4-2)8-7-14-13(16)11-12-5-9-19(17,18)10-6-12/h12H,3-11H2,1-2H3,(H,14,16). The molecule has 0 aromatic heterocycles. The third kappa shape index (κ3) is 6.38. The Hall–Kier alpha value is -0.620. The van der Waals surface area contributed by atoms with E-state index in [2.05, 4.69) is 24.1 Å². The lowest BCUT2D eigenvalue weighted by atomic mass is 9.98. The Morgan fingerprint density at radius 1 is 1.21 bits per heavy atom. The lowest BCUT2D eigenvalue weighted by molar-refractivity contribution is -0.122. The zero-order chi connectivity index (χ0) is 14.3. The maximum atomic E-state index is 11.8. The molecule has 0 saturated carbocycles. The number of nitrogens with one attached hydrogen (secondary N) is 1. The van der Waals surface area contributed by atoms with E-state index in [0.29, 0.717) is 25.8 Å². The monoisotopic (exact) mass is 290 g/mol. The van der Waals surface area contributed by atoms with Crippen molar-refractivity contribution in [2.45, 2.75) is 33.1 Å². The van der Waals surface area contributed by atoms with Gasteiger partial charge in [-0.25, -0.2) is 8.42 Å². The number of likely N-dealkylation sites (N-methyl/N-ethyl adjacent to an activating group) is 1. The quantitative estimate of drug-likeness (QED) is 0.748. The Kier molecular flexibility index (Phi) is 6.79. The molecule has 1 aliphatic rings. The highest BCUT2D eigenvalue weighted by atomic mass is 32.2. The maximum absolute atomic E-state index is 11.8. The van der Waals surface area contributed by atoms with Gasteiger partial charge in [0.1, 0.15) is 9.84 Å². The molecule has 1 aliphatic heterocycles. The van der Waals surface area contributed by atoms with Crippen LogP contribution >= 0.6 is 0 Å². The smallest absolute Gasteiger partial charge is 0.220 e. The highest BCUT2D eigenvalue weighted by molar-refractivity contribution is 7.91. The van der Waals surface area contributed by atoms with Crippen molar-refractivity contribution in [2.24, 2.45) is 5.92 Å². The van der Waals surface area contributed by atoms with E-state index >= 15 is 0 Å². The summed E-state index contributed by atoms with van der Waals surface area (Å²) in [5.74, 6) is 0.767. The van der Waals surface area contributed by atoms with Gasteiger partial charge in [0.25, 0.3) is 0 Å². The minimum Gasteiger partial charge on any atom is -0.355 e. The molecule has 6 heteroatoms. The van der Waals surface area contributed by atoms with Crippen molar-refractivity contribution in [1.29, 1.82) is 0 Å². The molecular weight excluding hydrogens is 264 g/mol. The van der Waals surface area contributed by atoms with Crippen LogP contribution in [-0.4, -0.2) is 56.9 Å². The van der Waals surface area contributed by atoms with E-state index in [0.717, 1.165) is 19.6 Å². The molecule has 1 heterocycles. The number of amides is 1. The second-order valence-corrected chi connectivity index (χ2v) is 7.48. The van der Waals surface area contributed by atoms with E-state index in [1.54, 1.807) is 0 Å². The molecule has 1 fully saturated rings. The molecule has 0 aromatic rings. The summed E-state index contributed by atoms with van der Waals surface area (Å²) < 4.78 is 22.6. The van der Waals surface area contributed by atoms with Crippen LogP contribution in [0.5, 0.6) is 0 Å². The van der Waals surface area contributed by atoms with Crippen LogP contribution in [0, 0.1) is 5.92 Å². The van der Waals surface area contributed by atoms with Crippen molar-refractivity contribution >= 4 is 15.7 Å². The fraction of sp³-hybridized carbons (Fsp3) is 0.923. The molecule has 0 unspecified atom stereocenters. The number of sulfone groups is 1. The lowest BCUT2D eigenvalue weighted by Gasteiger charge is -2.22. The molecule has 0 aliphatic carbocycles. The van der Waals surface area contributed by atoms with Crippen LogP contribution in [0.15, 0.2) is 0 Å². The molecular formula is C13H26N2O3S. The van der Waals surface area contributed by atoms with Crippen LogP contribution in [-0.2, 0) is 14.6 Å². The van der Waals surface area contributed by atoms with Crippen LogP contribution in [0.4, 0.5) is 0 Å². The normalized spacial score (nSPS) is 19.5. The third-order valence-corrected chi connectivity index (χ3v) is 5.51. The number of hydrogen-bond acceptors (Lipinski definition) is 4. The van der Waals surface area contributed by atoms with Crippen molar-refractivity contribution in [1.82, 2.24) is 10.2 Å². The first-order valence-corrected chi connectivity index (χ1v) is 8.98. The van der Waals surface area contributed by atoms with E-state index in [1.165, 1.54) is 0 Å². The van der Waals surface area contributed by atoms with Gasteiger partial charge in [-0.05, 0) is 31.8 Å². The highest BCUT2D eigenvalue weighted by Gasteiger charge is 2.25. The van der Waals surface area contributed by atoms with Crippen molar-refractivity contribution in [3.63, 3.8) is 0 Å². The van der Waals surface area contributed by atoms with Gasteiger partial charge in [-0.3, -0.25) is 4.79 Å². The van der Waals surface area contributed by atoms with E-state index in [-0.39, 0.29) is 23.3 Å². The number of carbonyl (C=O) groups is 1. The van der Waals surface area contributed by atoms with E-state index in [9.17, 15) is 13.2 Å². The summed E-state index contributed by atoms with van der Waals surface area (Å²) >= 11 is 0. The molecule has 5 nitrogen and oxygen atoms in total. The van der Waals surface area contributed by atoms with Crippen molar-refractivity contribution in [3.8, 4) is 0 Å². The van der Waals surface area contributed by atoms with Gasteiger partial charge in [0.2, 0.25) is 5.91 Å². The third-order valence-electron chi connectivity index (χ3n) is 3.79. The van der Waals surface area contributed by atoms with Gasteiger partial charge < -0.3 is 10.2 Å². The highest BCUT2D eigenvalue weighted by Crippen LogP contribution is 2.21. The first kappa shape index (κ1) is 16.4. The first-order valence-electron chi connectivity index (χ1n) is 7.16. The van der Waals surface area contributed by atoms with Gasteiger partial charge in [0.05, 0.1) is 11.5 Å². The fourth-order valence-electron chi connectivity index (χ4n) is 2.37. The summed E-state index contributed by atoms with van der Waals surface area (Å²) in [6.07, 6.45) is 1.73. The number of carbonyl (C=O) groups excluding carboxylic acids is 1. The molecule has 0 aromatic carbocycles. The summed E-state index contributed by atoms with van der Waals surface area (Å²) in [5.41, 5.74) is 0. The van der Waals surface area contributed by atoms with Gasteiger partial charge in [0, 0.05) is 19.5 Å². The molecule has 19 heavy (non-hydrogen) atoms. The Morgan fingerprint density at radius 2 is 1.79 bits per heavy atom. The van der Waals surface area contributed by atoms with Crippen LogP contribution in [0.2, 0.25) is 0 Å². The molecule has 0 bridgehead atoms. The van der Waals surface area contributed by atoms with Gasteiger partial charge in [-0.15, -0.1) is 0 Å². The van der Waals surface area contributed by atoms with Crippen molar-refractivity contribution in [2.75, 3.05) is 37.7 Å². The molecule has 1 saturated heterocycles. The van der Waals surface area contributed by atoms with E-state index in [4.69, 9.17) is 0 Å². The second-order valence-electron chi connectivity index (χ2n) is 5.18. The van der Waals surface area contributed by atoms with Crippen LogP contribution < -0.4 is 5.32 Å². The molecule has 112 valence electrons. The van der Waals surface area contributed by atoms with Gasteiger partial charge >= 0.3 is 0 Å². The molecule has 1 rings (SSSR count).